The largest absolute Gasteiger partial charge is 0.484 e. The van der Waals surface area contributed by atoms with Crippen LogP contribution < -0.4 is 15.8 Å². The summed E-state index contributed by atoms with van der Waals surface area (Å²) in [6, 6.07) is 13.7. The minimum atomic E-state index is -0.483. The standard InChI is InChI=1S/C23H24N2O3S/c1-2-14-7-10-18-19(11-14)29-23(21(18)22(24)27)25-20(26)13-28-17-9-8-15-5-3-4-6-16(15)12-17/h3-6,8-9,12,14H,2,7,10-11,13H2,1H3,(H2,24,27)(H,25,26)/t14-/m1/s1. The van der Waals surface area contributed by atoms with Gasteiger partial charge < -0.3 is 15.8 Å². The van der Waals surface area contributed by atoms with Gasteiger partial charge in [-0.05, 0) is 53.6 Å². The molecular formula is C23H24N2O3S. The van der Waals surface area contributed by atoms with Crippen molar-refractivity contribution >= 4 is 38.9 Å². The zero-order chi connectivity index (χ0) is 20.4. The molecule has 1 aromatic heterocycles. The van der Waals surface area contributed by atoms with Gasteiger partial charge in [0.25, 0.3) is 11.8 Å². The van der Waals surface area contributed by atoms with E-state index in [0.29, 0.717) is 22.2 Å². The summed E-state index contributed by atoms with van der Waals surface area (Å²) in [4.78, 5) is 25.7. The molecule has 3 N–H and O–H groups in total. The number of rotatable bonds is 6. The van der Waals surface area contributed by atoms with Gasteiger partial charge >= 0.3 is 0 Å². The van der Waals surface area contributed by atoms with Crippen LogP contribution in [0.5, 0.6) is 5.75 Å². The number of hydrogen-bond acceptors (Lipinski definition) is 4. The zero-order valence-electron chi connectivity index (χ0n) is 16.4. The average molecular weight is 409 g/mol. The van der Waals surface area contributed by atoms with E-state index in [-0.39, 0.29) is 12.5 Å². The summed E-state index contributed by atoms with van der Waals surface area (Å²) in [6.07, 6.45) is 3.95. The van der Waals surface area contributed by atoms with Gasteiger partial charge in [0.05, 0.1) is 5.56 Å². The normalized spacial score (nSPS) is 15.7. The third-order valence-electron chi connectivity index (χ3n) is 5.53. The number of nitrogens with two attached hydrogens (primary N) is 1. The monoisotopic (exact) mass is 408 g/mol. The molecule has 1 heterocycles. The molecule has 6 heteroatoms. The molecular weight excluding hydrogens is 384 g/mol. The van der Waals surface area contributed by atoms with Crippen LogP contribution in [0.2, 0.25) is 0 Å². The van der Waals surface area contributed by atoms with Crippen LogP contribution in [-0.2, 0) is 17.6 Å². The van der Waals surface area contributed by atoms with Crippen molar-refractivity contribution in [2.24, 2.45) is 11.7 Å². The number of benzene rings is 2. The van der Waals surface area contributed by atoms with Gasteiger partial charge in [-0.25, -0.2) is 0 Å². The van der Waals surface area contributed by atoms with Crippen LogP contribution in [0.4, 0.5) is 5.00 Å². The van der Waals surface area contributed by atoms with Crippen molar-refractivity contribution < 1.29 is 14.3 Å². The fraction of sp³-hybridized carbons (Fsp3) is 0.304. The maximum atomic E-state index is 12.5. The molecule has 0 spiro atoms. The first-order valence-electron chi connectivity index (χ1n) is 9.91. The number of anilines is 1. The number of carbonyl (C=O) groups excluding carboxylic acids is 2. The first-order chi connectivity index (χ1) is 14.0. The summed E-state index contributed by atoms with van der Waals surface area (Å²) in [5, 5.41) is 5.56. The number of primary amides is 1. The van der Waals surface area contributed by atoms with Crippen molar-refractivity contribution in [3.05, 3.63) is 58.5 Å². The second-order valence-corrected chi connectivity index (χ2v) is 8.54. The Morgan fingerprint density at radius 1 is 1.21 bits per heavy atom. The lowest BCUT2D eigenvalue weighted by molar-refractivity contribution is -0.118. The molecule has 0 bridgehead atoms. The van der Waals surface area contributed by atoms with Crippen LogP contribution in [-0.4, -0.2) is 18.4 Å². The third kappa shape index (κ3) is 4.12. The fourth-order valence-electron chi connectivity index (χ4n) is 3.92. The second-order valence-electron chi connectivity index (χ2n) is 7.44. The number of thiophene rings is 1. The molecule has 1 aliphatic carbocycles. The van der Waals surface area contributed by atoms with E-state index in [4.69, 9.17) is 10.5 Å². The SMILES string of the molecule is CC[C@@H]1CCc2c(sc(NC(=O)COc3ccc4ccccc4c3)c2C(N)=O)C1. The summed E-state index contributed by atoms with van der Waals surface area (Å²) in [6.45, 7) is 2.06. The molecule has 0 saturated heterocycles. The Morgan fingerprint density at radius 2 is 2.00 bits per heavy atom. The van der Waals surface area contributed by atoms with Gasteiger partial charge in [0.1, 0.15) is 10.8 Å². The Hall–Kier alpha value is -2.86. The summed E-state index contributed by atoms with van der Waals surface area (Å²) < 4.78 is 5.66. The Balaban J connectivity index is 1.46. The number of fused-ring (bicyclic) bond motifs is 2. The zero-order valence-corrected chi connectivity index (χ0v) is 17.2. The lowest BCUT2D eigenvalue weighted by Gasteiger charge is -2.20. The van der Waals surface area contributed by atoms with Crippen molar-refractivity contribution in [1.29, 1.82) is 0 Å². The summed E-state index contributed by atoms with van der Waals surface area (Å²) in [7, 11) is 0. The molecule has 29 heavy (non-hydrogen) atoms. The van der Waals surface area contributed by atoms with Gasteiger partial charge in [-0.15, -0.1) is 11.3 Å². The highest BCUT2D eigenvalue weighted by atomic mass is 32.1. The van der Waals surface area contributed by atoms with Gasteiger partial charge in [-0.3, -0.25) is 9.59 Å². The van der Waals surface area contributed by atoms with Crippen LogP contribution in [0, 0.1) is 5.92 Å². The molecule has 2 amide bonds. The minimum Gasteiger partial charge on any atom is -0.484 e. The maximum Gasteiger partial charge on any atom is 0.262 e. The van der Waals surface area contributed by atoms with E-state index in [1.54, 1.807) is 0 Å². The Labute approximate surface area is 173 Å². The van der Waals surface area contributed by atoms with Crippen LogP contribution in [0.15, 0.2) is 42.5 Å². The van der Waals surface area contributed by atoms with E-state index >= 15 is 0 Å². The molecule has 1 atom stereocenters. The van der Waals surface area contributed by atoms with E-state index in [2.05, 4.69) is 12.2 Å². The summed E-state index contributed by atoms with van der Waals surface area (Å²) in [5.74, 6) is 0.474. The highest BCUT2D eigenvalue weighted by Crippen LogP contribution is 2.40. The van der Waals surface area contributed by atoms with Gasteiger partial charge in [-0.2, -0.15) is 0 Å². The molecule has 1 aliphatic rings. The Morgan fingerprint density at radius 3 is 2.76 bits per heavy atom. The average Bonchev–Trinajstić information content (AvgIpc) is 3.09. The second kappa shape index (κ2) is 8.25. The predicted molar refractivity (Wildman–Crippen MR) is 117 cm³/mol. The fourth-order valence-corrected chi connectivity index (χ4v) is 5.30. The van der Waals surface area contributed by atoms with Crippen LogP contribution in [0.25, 0.3) is 10.8 Å². The van der Waals surface area contributed by atoms with E-state index in [1.807, 2.05) is 42.5 Å². The summed E-state index contributed by atoms with van der Waals surface area (Å²) in [5.41, 5.74) is 7.11. The van der Waals surface area contributed by atoms with Crippen LogP contribution >= 0.6 is 11.3 Å². The number of amides is 2. The van der Waals surface area contributed by atoms with Crippen molar-refractivity contribution in [2.45, 2.75) is 32.6 Å². The highest BCUT2D eigenvalue weighted by molar-refractivity contribution is 7.17. The lowest BCUT2D eigenvalue weighted by Crippen LogP contribution is -2.22. The van der Waals surface area contributed by atoms with Gasteiger partial charge in [0.2, 0.25) is 0 Å². The van der Waals surface area contributed by atoms with Gasteiger partial charge in [0.15, 0.2) is 6.61 Å². The molecule has 0 aliphatic heterocycles. The highest BCUT2D eigenvalue weighted by Gasteiger charge is 2.28. The first kappa shape index (κ1) is 19.5. The smallest absolute Gasteiger partial charge is 0.262 e. The minimum absolute atomic E-state index is 0.128. The molecule has 0 saturated carbocycles. The lowest BCUT2D eigenvalue weighted by atomic mass is 9.85. The number of carbonyl (C=O) groups is 2. The molecule has 4 rings (SSSR count). The molecule has 2 aromatic carbocycles. The topological polar surface area (TPSA) is 81.4 Å². The maximum absolute atomic E-state index is 12.5. The van der Waals surface area contributed by atoms with E-state index in [9.17, 15) is 9.59 Å². The van der Waals surface area contributed by atoms with Crippen molar-refractivity contribution in [3.8, 4) is 5.75 Å². The molecule has 0 fully saturated rings. The number of ether oxygens (including phenoxy) is 1. The van der Waals surface area contributed by atoms with Gasteiger partial charge in [-0.1, -0.05) is 43.7 Å². The molecule has 3 aromatic rings. The van der Waals surface area contributed by atoms with E-state index in [0.717, 1.165) is 42.0 Å². The predicted octanol–water partition coefficient (Wildman–Crippen LogP) is 4.53. The Kier molecular flexibility index (Phi) is 5.53. The van der Waals surface area contributed by atoms with Crippen LogP contribution in [0.1, 0.15) is 40.6 Å². The van der Waals surface area contributed by atoms with Gasteiger partial charge in [0, 0.05) is 4.88 Å². The number of nitrogens with one attached hydrogen (secondary N) is 1. The summed E-state index contributed by atoms with van der Waals surface area (Å²) >= 11 is 1.47. The van der Waals surface area contributed by atoms with Crippen molar-refractivity contribution in [3.63, 3.8) is 0 Å². The Bertz CT molecular complexity index is 1070. The van der Waals surface area contributed by atoms with E-state index < -0.39 is 5.91 Å². The van der Waals surface area contributed by atoms with Crippen molar-refractivity contribution in [1.82, 2.24) is 0 Å². The van der Waals surface area contributed by atoms with Crippen molar-refractivity contribution in [2.75, 3.05) is 11.9 Å². The molecule has 0 radical (unpaired) electrons. The number of hydrogen-bond donors (Lipinski definition) is 2. The molecule has 0 unspecified atom stereocenters. The first-order valence-corrected chi connectivity index (χ1v) is 10.7. The molecule has 150 valence electrons. The van der Waals surface area contributed by atoms with E-state index in [1.165, 1.54) is 16.2 Å². The molecule has 5 nitrogen and oxygen atoms in total. The third-order valence-corrected chi connectivity index (χ3v) is 6.70. The van der Waals surface area contributed by atoms with Crippen LogP contribution in [0.3, 0.4) is 0 Å². The quantitative estimate of drug-likeness (QED) is 0.629.